The Kier molecular flexibility index (Phi) is 5.55. The monoisotopic (exact) mass is 331 g/mol. The highest BCUT2D eigenvalue weighted by molar-refractivity contribution is 7.11. The minimum absolute atomic E-state index is 0.286. The lowest BCUT2D eigenvalue weighted by Gasteiger charge is -2.18. The number of hydrogen-bond acceptors (Lipinski definition) is 4. The van der Waals surface area contributed by atoms with Crippen LogP contribution >= 0.6 is 11.3 Å². The summed E-state index contributed by atoms with van der Waals surface area (Å²) in [6, 6.07) is 9.37. The maximum Gasteiger partial charge on any atom is 0.349 e. The Morgan fingerprint density at radius 1 is 1.13 bits per heavy atom. The van der Waals surface area contributed by atoms with Crippen molar-refractivity contribution in [1.29, 1.82) is 0 Å². The number of esters is 1. The van der Waals surface area contributed by atoms with Gasteiger partial charge in [-0.05, 0) is 42.3 Å². The number of carbonyl (C=O) groups is 2. The highest BCUT2D eigenvalue weighted by Crippen LogP contribution is 2.27. The molecular formula is C18H21NO3S. The van der Waals surface area contributed by atoms with Gasteiger partial charge in [-0.25, -0.2) is 4.79 Å². The minimum Gasteiger partial charge on any atom is -0.448 e. The number of para-hydroxylation sites is 1. The fourth-order valence-corrected chi connectivity index (χ4v) is 2.84. The van der Waals surface area contributed by atoms with E-state index < -0.39 is 12.1 Å². The number of benzene rings is 1. The number of rotatable bonds is 5. The highest BCUT2D eigenvalue weighted by atomic mass is 32.1. The summed E-state index contributed by atoms with van der Waals surface area (Å²) in [5.41, 5.74) is 2.85. The zero-order valence-electron chi connectivity index (χ0n) is 13.8. The highest BCUT2D eigenvalue weighted by Gasteiger charge is 2.21. The van der Waals surface area contributed by atoms with E-state index in [0.29, 0.717) is 4.88 Å². The number of hydrogen-bond donors (Lipinski definition) is 1. The smallest absolute Gasteiger partial charge is 0.349 e. The van der Waals surface area contributed by atoms with Crippen molar-refractivity contribution in [2.24, 2.45) is 0 Å². The summed E-state index contributed by atoms with van der Waals surface area (Å²) in [4.78, 5) is 24.8. The third-order valence-electron chi connectivity index (χ3n) is 3.55. The van der Waals surface area contributed by atoms with E-state index in [1.165, 1.54) is 11.3 Å². The summed E-state index contributed by atoms with van der Waals surface area (Å²) in [6.45, 7) is 7.67. The molecule has 1 amide bonds. The number of thiophene rings is 1. The molecule has 0 aliphatic heterocycles. The van der Waals surface area contributed by atoms with Crippen LogP contribution in [0.15, 0.2) is 35.7 Å². The first-order valence-corrected chi connectivity index (χ1v) is 8.43. The van der Waals surface area contributed by atoms with Crippen molar-refractivity contribution >= 4 is 28.9 Å². The molecule has 1 heterocycles. The van der Waals surface area contributed by atoms with Crippen LogP contribution < -0.4 is 5.32 Å². The van der Waals surface area contributed by atoms with Gasteiger partial charge in [0, 0.05) is 5.69 Å². The molecule has 0 bridgehead atoms. The van der Waals surface area contributed by atoms with E-state index in [4.69, 9.17) is 4.74 Å². The van der Waals surface area contributed by atoms with Crippen molar-refractivity contribution in [3.63, 3.8) is 0 Å². The van der Waals surface area contributed by atoms with Gasteiger partial charge in [0.1, 0.15) is 4.88 Å². The molecule has 0 spiro atoms. The lowest BCUT2D eigenvalue weighted by atomic mass is 9.98. The molecule has 0 aliphatic rings. The van der Waals surface area contributed by atoms with Crippen molar-refractivity contribution in [2.45, 2.75) is 39.7 Å². The largest absolute Gasteiger partial charge is 0.448 e. The Hall–Kier alpha value is -2.14. The van der Waals surface area contributed by atoms with E-state index in [-0.39, 0.29) is 11.8 Å². The predicted molar refractivity (Wildman–Crippen MR) is 93.1 cm³/mol. The number of anilines is 1. The van der Waals surface area contributed by atoms with Gasteiger partial charge in [0.15, 0.2) is 6.10 Å². The average molecular weight is 331 g/mol. The average Bonchev–Trinajstić information content (AvgIpc) is 3.03. The van der Waals surface area contributed by atoms with Gasteiger partial charge >= 0.3 is 5.97 Å². The van der Waals surface area contributed by atoms with Crippen LogP contribution in [-0.2, 0) is 9.53 Å². The van der Waals surface area contributed by atoms with Gasteiger partial charge in [0.25, 0.3) is 5.91 Å². The second-order valence-electron chi connectivity index (χ2n) is 5.71. The molecule has 0 aliphatic carbocycles. The first-order valence-electron chi connectivity index (χ1n) is 7.55. The summed E-state index contributed by atoms with van der Waals surface area (Å²) < 4.78 is 5.23. The van der Waals surface area contributed by atoms with Crippen molar-refractivity contribution in [3.05, 3.63) is 51.7 Å². The van der Waals surface area contributed by atoms with E-state index in [1.807, 2.05) is 25.1 Å². The van der Waals surface area contributed by atoms with Gasteiger partial charge in [0.05, 0.1) is 0 Å². The first-order chi connectivity index (χ1) is 10.9. The molecule has 2 rings (SSSR count). The first kappa shape index (κ1) is 17.2. The zero-order valence-corrected chi connectivity index (χ0v) is 14.6. The summed E-state index contributed by atoms with van der Waals surface area (Å²) in [7, 11) is 0. The SMILES string of the molecule is Cc1cccc(C(C)C)c1NC(=O)[C@H](C)OC(=O)c1cccs1. The molecule has 1 aromatic carbocycles. The van der Waals surface area contributed by atoms with E-state index in [2.05, 4.69) is 19.2 Å². The molecule has 0 radical (unpaired) electrons. The van der Waals surface area contributed by atoms with Crippen LogP contribution in [0, 0.1) is 6.92 Å². The number of carbonyl (C=O) groups excluding carboxylic acids is 2. The van der Waals surface area contributed by atoms with Crippen molar-refractivity contribution in [1.82, 2.24) is 0 Å². The zero-order chi connectivity index (χ0) is 17.0. The normalized spacial score (nSPS) is 12.0. The maximum absolute atomic E-state index is 12.4. The van der Waals surface area contributed by atoms with Crippen molar-refractivity contribution in [2.75, 3.05) is 5.32 Å². The fourth-order valence-electron chi connectivity index (χ4n) is 2.23. The van der Waals surface area contributed by atoms with Crippen LogP contribution in [0.1, 0.15) is 47.5 Å². The Bertz CT molecular complexity index is 692. The van der Waals surface area contributed by atoms with Gasteiger partial charge in [0.2, 0.25) is 0 Å². The molecule has 5 heteroatoms. The van der Waals surface area contributed by atoms with E-state index in [0.717, 1.165) is 16.8 Å². The topological polar surface area (TPSA) is 55.4 Å². The van der Waals surface area contributed by atoms with Crippen LogP contribution in [0.4, 0.5) is 5.69 Å². The Balaban J connectivity index is 2.08. The van der Waals surface area contributed by atoms with Gasteiger partial charge in [-0.2, -0.15) is 0 Å². The second-order valence-corrected chi connectivity index (χ2v) is 6.66. The third kappa shape index (κ3) is 4.20. The molecule has 0 saturated heterocycles. The molecule has 0 unspecified atom stereocenters. The summed E-state index contributed by atoms with van der Waals surface area (Å²) >= 11 is 1.29. The standard InChI is InChI=1S/C18H21NO3S/c1-11(2)14-8-5-7-12(3)16(14)19-17(20)13(4)22-18(21)15-9-6-10-23-15/h5-11,13H,1-4H3,(H,19,20)/t13-/m0/s1. The van der Waals surface area contributed by atoms with Crippen LogP contribution in [0.2, 0.25) is 0 Å². The van der Waals surface area contributed by atoms with Crippen LogP contribution in [-0.4, -0.2) is 18.0 Å². The Morgan fingerprint density at radius 2 is 1.87 bits per heavy atom. The molecule has 0 fully saturated rings. The van der Waals surface area contributed by atoms with Gasteiger partial charge in [-0.3, -0.25) is 4.79 Å². The summed E-state index contributed by atoms with van der Waals surface area (Å²) in [5.74, 6) is -0.517. The molecule has 1 aromatic heterocycles. The summed E-state index contributed by atoms with van der Waals surface area (Å²) in [6.07, 6.45) is -0.857. The number of amides is 1. The van der Waals surface area contributed by atoms with E-state index >= 15 is 0 Å². The van der Waals surface area contributed by atoms with Crippen LogP contribution in [0.25, 0.3) is 0 Å². The van der Waals surface area contributed by atoms with E-state index in [1.54, 1.807) is 24.4 Å². The fraction of sp³-hybridized carbons (Fsp3) is 0.333. The molecular weight excluding hydrogens is 310 g/mol. The van der Waals surface area contributed by atoms with Crippen molar-refractivity contribution < 1.29 is 14.3 Å². The quantitative estimate of drug-likeness (QED) is 0.828. The van der Waals surface area contributed by atoms with Crippen LogP contribution in [0.3, 0.4) is 0 Å². The Labute approximate surface area is 140 Å². The molecule has 4 nitrogen and oxygen atoms in total. The molecule has 2 aromatic rings. The second kappa shape index (κ2) is 7.42. The number of ether oxygens (including phenoxy) is 1. The predicted octanol–water partition coefficient (Wildman–Crippen LogP) is 4.36. The Morgan fingerprint density at radius 3 is 2.48 bits per heavy atom. The van der Waals surface area contributed by atoms with Crippen LogP contribution in [0.5, 0.6) is 0 Å². The molecule has 122 valence electrons. The van der Waals surface area contributed by atoms with Crippen molar-refractivity contribution in [3.8, 4) is 0 Å². The molecule has 1 atom stereocenters. The lowest BCUT2D eigenvalue weighted by Crippen LogP contribution is -2.30. The van der Waals surface area contributed by atoms with Gasteiger partial charge < -0.3 is 10.1 Å². The summed E-state index contributed by atoms with van der Waals surface area (Å²) in [5, 5.41) is 4.69. The minimum atomic E-state index is -0.857. The molecule has 0 saturated carbocycles. The maximum atomic E-state index is 12.4. The van der Waals surface area contributed by atoms with Gasteiger partial charge in [-0.1, -0.05) is 38.1 Å². The van der Waals surface area contributed by atoms with Gasteiger partial charge in [-0.15, -0.1) is 11.3 Å². The molecule has 23 heavy (non-hydrogen) atoms. The molecule has 1 N–H and O–H groups in total. The van der Waals surface area contributed by atoms with E-state index in [9.17, 15) is 9.59 Å². The third-order valence-corrected chi connectivity index (χ3v) is 4.40. The number of aryl methyl sites for hydroxylation is 1. The number of nitrogens with one attached hydrogen (secondary N) is 1. The lowest BCUT2D eigenvalue weighted by molar-refractivity contribution is -0.123.